The number of nitrogens with one attached hydrogen (secondary N) is 1. The third kappa shape index (κ3) is 4.68. The number of benzene rings is 2. The minimum absolute atomic E-state index is 0.102. The second kappa shape index (κ2) is 8.43. The summed E-state index contributed by atoms with van der Waals surface area (Å²) in [6, 6.07) is 15.0. The van der Waals surface area contributed by atoms with E-state index in [0.29, 0.717) is 20.8 Å². The van der Waals surface area contributed by atoms with E-state index in [4.69, 9.17) is 16.3 Å². The van der Waals surface area contributed by atoms with Gasteiger partial charge in [-0.25, -0.2) is 4.99 Å². The van der Waals surface area contributed by atoms with E-state index in [1.54, 1.807) is 12.1 Å². The second-order valence-electron chi connectivity index (χ2n) is 5.84. The number of aliphatic imine (C=N–C) groups is 1. The third-order valence-corrected chi connectivity index (χ3v) is 5.00. The lowest BCUT2D eigenvalue weighted by Gasteiger charge is -2.14. The van der Waals surface area contributed by atoms with E-state index in [-0.39, 0.29) is 12.0 Å². The fourth-order valence-corrected chi connectivity index (χ4v) is 3.33. The van der Waals surface area contributed by atoms with Crippen molar-refractivity contribution in [1.82, 2.24) is 5.32 Å². The summed E-state index contributed by atoms with van der Waals surface area (Å²) >= 11 is 7.61. The number of hydrogen-bond donors (Lipinski definition) is 1. The zero-order valence-electron chi connectivity index (χ0n) is 14.5. The molecule has 1 heterocycles. The summed E-state index contributed by atoms with van der Waals surface area (Å²) in [5.41, 5.74) is 1.64. The van der Waals surface area contributed by atoms with Crippen molar-refractivity contribution in [2.24, 2.45) is 4.99 Å². The normalized spacial score (nSPS) is 18.2. The van der Waals surface area contributed by atoms with Crippen LogP contribution in [0.25, 0.3) is 6.08 Å². The number of amidine groups is 1. The van der Waals surface area contributed by atoms with Crippen LogP contribution in [0.1, 0.15) is 25.8 Å². The van der Waals surface area contributed by atoms with Gasteiger partial charge in [0.2, 0.25) is 0 Å². The number of ether oxygens (including phenoxy) is 1. The number of rotatable bonds is 5. The zero-order chi connectivity index (χ0) is 18.5. The van der Waals surface area contributed by atoms with Crippen LogP contribution in [0.5, 0.6) is 5.75 Å². The average Bonchev–Trinajstić information content (AvgIpc) is 2.97. The van der Waals surface area contributed by atoms with Gasteiger partial charge < -0.3 is 10.1 Å². The van der Waals surface area contributed by atoms with Crippen molar-refractivity contribution in [2.75, 3.05) is 0 Å². The first-order valence-corrected chi connectivity index (χ1v) is 9.55. The molecule has 0 radical (unpaired) electrons. The van der Waals surface area contributed by atoms with E-state index in [9.17, 15) is 4.79 Å². The molecule has 0 unspecified atom stereocenters. The molecule has 0 aliphatic carbocycles. The third-order valence-electron chi connectivity index (χ3n) is 3.79. The molecular weight excluding hydrogens is 368 g/mol. The molecule has 26 heavy (non-hydrogen) atoms. The smallest absolute Gasteiger partial charge is 0.264 e. The highest BCUT2D eigenvalue weighted by Gasteiger charge is 2.23. The molecule has 1 aliphatic heterocycles. The van der Waals surface area contributed by atoms with Crippen LogP contribution in [0.15, 0.2) is 58.4 Å². The lowest BCUT2D eigenvalue weighted by molar-refractivity contribution is -0.115. The minimum Gasteiger partial charge on any atom is -0.489 e. The predicted octanol–water partition coefficient (Wildman–Crippen LogP) is 5.41. The standard InChI is InChI=1S/C20H19ClN2O2S/c1-3-13(2)25-17-10-9-14(11-16(17)21)12-18-19(24)23-20(26-18)22-15-7-5-4-6-8-15/h4-13H,3H2,1-2H3,(H,22,23,24)/b18-12+/t13-/m0/s1. The molecule has 1 atom stereocenters. The van der Waals surface area contributed by atoms with E-state index in [0.717, 1.165) is 17.7 Å². The molecule has 0 bridgehead atoms. The van der Waals surface area contributed by atoms with Crippen molar-refractivity contribution in [3.8, 4) is 5.75 Å². The Morgan fingerprint density at radius 3 is 2.73 bits per heavy atom. The van der Waals surface area contributed by atoms with E-state index in [2.05, 4.69) is 17.2 Å². The van der Waals surface area contributed by atoms with Gasteiger partial charge in [-0.15, -0.1) is 0 Å². The summed E-state index contributed by atoms with van der Waals surface area (Å²) in [5, 5.41) is 3.87. The summed E-state index contributed by atoms with van der Waals surface area (Å²) in [7, 11) is 0. The first-order chi connectivity index (χ1) is 12.5. The molecule has 0 saturated carbocycles. The van der Waals surface area contributed by atoms with Gasteiger partial charge >= 0.3 is 0 Å². The van der Waals surface area contributed by atoms with E-state index >= 15 is 0 Å². The quantitative estimate of drug-likeness (QED) is 0.699. The first-order valence-electron chi connectivity index (χ1n) is 8.36. The SMILES string of the molecule is CC[C@H](C)Oc1ccc(/C=C2/SC(=Nc3ccccc3)NC2=O)cc1Cl. The Morgan fingerprint density at radius 1 is 1.27 bits per heavy atom. The van der Waals surface area contributed by atoms with Gasteiger partial charge in [-0.1, -0.05) is 42.8 Å². The molecule has 1 aliphatic rings. The van der Waals surface area contributed by atoms with Gasteiger partial charge in [0, 0.05) is 0 Å². The minimum atomic E-state index is -0.166. The fraction of sp³-hybridized carbons (Fsp3) is 0.200. The maximum atomic E-state index is 12.2. The van der Waals surface area contributed by atoms with Crippen molar-refractivity contribution in [1.29, 1.82) is 0 Å². The maximum Gasteiger partial charge on any atom is 0.264 e. The molecule has 1 saturated heterocycles. The van der Waals surface area contributed by atoms with Gasteiger partial charge in [-0.3, -0.25) is 4.79 Å². The number of nitrogens with zero attached hydrogens (tertiary/aromatic N) is 1. The van der Waals surface area contributed by atoms with Gasteiger partial charge in [0.15, 0.2) is 5.17 Å². The highest BCUT2D eigenvalue weighted by molar-refractivity contribution is 8.18. The molecule has 134 valence electrons. The number of thioether (sulfide) groups is 1. The summed E-state index contributed by atoms with van der Waals surface area (Å²) in [5.74, 6) is 0.485. The molecule has 0 aromatic heterocycles. The highest BCUT2D eigenvalue weighted by Crippen LogP contribution is 2.31. The number of hydrogen-bond acceptors (Lipinski definition) is 4. The Balaban J connectivity index is 1.76. The van der Waals surface area contributed by atoms with Crippen LogP contribution in [-0.4, -0.2) is 17.2 Å². The lowest BCUT2D eigenvalue weighted by atomic mass is 10.2. The molecule has 1 amide bonds. The van der Waals surface area contributed by atoms with Crippen LogP contribution in [0.2, 0.25) is 5.02 Å². The summed E-state index contributed by atoms with van der Waals surface area (Å²) in [6.45, 7) is 4.06. The molecular formula is C20H19ClN2O2S. The molecule has 6 heteroatoms. The largest absolute Gasteiger partial charge is 0.489 e. The summed E-state index contributed by atoms with van der Waals surface area (Å²) in [6.07, 6.45) is 2.80. The monoisotopic (exact) mass is 386 g/mol. The summed E-state index contributed by atoms with van der Waals surface area (Å²) < 4.78 is 5.77. The summed E-state index contributed by atoms with van der Waals surface area (Å²) in [4.78, 5) is 17.2. The maximum absolute atomic E-state index is 12.2. The van der Waals surface area contributed by atoms with Crippen molar-refractivity contribution >= 4 is 46.2 Å². The molecule has 1 N–H and O–H groups in total. The number of para-hydroxylation sites is 1. The highest BCUT2D eigenvalue weighted by atomic mass is 35.5. The van der Waals surface area contributed by atoms with Crippen LogP contribution < -0.4 is 10.1 Å². The molecule has 1 fully saturated rings. The Kier molecular flexibility index (Phi) is 6.01. The van der Waals surface area contributed by atoms with E-state index in [1.807, 2.05) is 49.4 Å². The van der Waals surface area contributed by atoms with Gasteiger partial charge in [-0.05, 0) is 61.0 Å². The van der Waals surface area contributed by atoms with Crippen molar-refractivity contribution in [3.05, 3.63) is 64.0 Å². The second-order valence-corrected chi connectivity index (χ2v) is 7.28. The molecule has 2 aromatic rings. The molecule has 3 rings (SSSR count). The molecule has 4 nitrogen and oxygen atoms in total. The van der Waals surface area contributed by atoms with Gasteiger partial charge in [0.25, 0.3) is 5.91 Å². The van der Waals surface area contributed by atoms with Crippen molar-refractivity contribution in [2.45, 2.75) is 26.4 Å². The first kappa shape index (κ1) is 18.5. The number of carbonyl (C=O) groups excluding carboxylic acids is 1. The lowest BCUT2D eigenvalue weighted by Crippen LogP contribution is -2.19. The van der Waals surface area contributed by atoms with Crippen molar-refractivity contribution in [3.63, 3.8) is 0 Å². The van der Waals surface area contributed by atoms with Crippen LogP contribution in [0.4, 0.5) is 5.69 Å². The van der Waals surface area contributed by atoms with Crippen LogP contribution >= 0.6 is 23.4 Å². The Hall–Kier alpha value is -2.24. The topological polar surface area (TPSA) is 50.7 Å². The fourth-order valence-electron chi connectivity index (χ4n) is 2.25. The molecule has 2 aromatic carbocycles. The van der Waals surface area contributed by atoms with Crippen LogP contribution in [0, 0.1) is 0 Å². The van der Waals surface area contributed by atoms with Gasteiger partial charge in [0.05, 0.1) is 21.7 Å². The van der Waals surface area contributed by atoms with E-state index < -0.39 is 0 Å². The number of amides is 1. The van der Waals surface area contributed by atoms with Gasteiger partial charge in [0.1, 0.15) is 5.75 Å². The molecule has 0 spiro atoms. The number of halogens is 1. The van der Waals surface area contributed by atoms with Crippen LogP contribution in [0.3, 0.4) is 0 Å². The average molecular weight is 387 g/mol. The van der Waals surface area contributed by atoms with Gasteiger partial charge in [-0.2, -0.15) is 0 Å². The number of carbonyl (C=O) groups is 1. The Morgan fingerprint density at radius 2 is 2.04 bits per heavy atom. The predicted molar refractivity (Wildman–Crippen MR) is 109 cm³/mol. The Bertz CT molecular complexity index is 865. The Labute approximate surface area is 162 Å². The zero-order valence-corrected chi connectivity index (χ0v) is 16.1. The van der Waals surface area contributed by atoms with Crippen molar-refractivity contribution < 1.29 is 9.53 Å². The van der Waals surface area contributed by atoms with Crippen LogP contribution in [-0.2, 0) is 4.79 Å². The van der Waals surface area contributed by atoms with E-state index in [1.165, 1.54) is 11.8 Å².